The van der Waals surface area contributed by atoms with Crippen LogP contribution in [0.2, 0.25) is 5.15 Å². The van der Waals surface area contributed by atoms with Crippen LogP contribution >= 0.6 is 11.6 Å². The minimum absolute atomic E-state index is 0.0192. The Balaban J connectivity index is 1.64. The number of nitrogens with zero attached hydrogens (tertiary/aromatic N) is 3. The second kappa shape index (κ2) is 9.43. The number of hydrogen-bond donors (Lipinski definition) is 1. The molecule has 8 nitrogen and oxygen atoms in total. The van der Waals surface area contributed by atoms with E-state index in [9.17, 15) is 14.9 Å². The van der Waals surface area contributed by atoms with E-state index in [-0.39, 0.29) is 23.0 Å². The lowest BCUT2D eigenvalue weighted by molar-refractivity contribution is -0.384. The molecule has 0 bridgehead atoms. The normalized spacial score (nSPS) is 10.7. The van der Waals surface area contributed by atoms with Crippen molar-refractivity contribution in [3.8, 4) is 5.75 Å². The van der Waals surface area contributed by atoms with Gasteiger partial charge in [0, 0.05) is 23.9 Å². The Morgan fingerprint density at radius 2 is 1.93 bits per heavy atom. The van der Waals surface area contributed by atoms with Gasteiger partial charge in [0.2, 0.25) is 0 Å². The van der Waals surface area contributed by atoms with Crippen molar-refractivity contribution in [3.63, 3.8) is 0 Å². The number of halogens is 1. The lowest BCUT2D eigenvalue weighted by atomic mass is 10.2. The number of non-ortho nitro benzene ring substituents is 1. The second-order valence-corrected chi connectivity index (χ2v) is 6.15. The number of aromatic nitrogens is 1. The highest BCUT2D eigenvalue weighted by molar-refractivity contribution is 6.32. The number of nitrogens with one attached hydrogen (secondary N) is 1. The average molecular weight is 411 g/mol. The molecule has 0 radical (unpaired) electrons. The molecule has 0 unspecified atom stereocenters. The largest absolute Gasteiger partial charge is 0.488 e. The van der Waals surface area contributed by atoms with E-state index < -0.39 is 10.8 Å². The molecule has 0 saturated carbocycles. The van der Waals surface area contributed by atoms with Gasteiger partial charge in [0.05, 0.1) is 16.7 Å². The van der Waals surface area contributed by atoms with Gasteiger partial charge in [-0.3, -0.25) is 14.9 Å². The van der Waals surface area contributed by atoms with E-state index in [2.05, 4.69) is 15.5 Å². The Morgan fingerprint density at radius 1 is 1.17 bits per heavy atom. The summed E-state index contributed by atoms with van der Waals surface area (Å²) < 4.78 is 5.78. The summed E-state index contributed by atoms with van der Waals surface area (Å²) in [5.41, 5.74) is 4.05. The summed E-state index contributed by atoms with van der Waals surface area (Å²) in [5.74, 6) is 0.0619. The van der Waals surface area contributed by atoms with Crippen molar-refractivity contribution in [1.82, 2.24) is 10.4 Å². The third kappa shape index (κ3) is 5.36. The van der Waals surface area contributed by atoms with Crippen molar-refractivity contribution in [2.45, 2.75) is 6.61 Å². The summed E-state index contributed by atoms with van der Waals surface area (Å²) in [6.07, 6.45) is 2.94. The van der Waals surface area contributed by atoms with E-state index in [4.69, 9.17) is 16.3 Å². The van der Waals surface area contributed by atoms with E-state index in [0.717, 1.165) is 5.56 Å². The van der Waals surface area contributed by atoms with Crippen molar-refractivity contribution < 1.29 is 14.5 Å². The Kier molecular flexibility index (Phi) is 6.49. The number of hydrazone groups is 1. The van der Waals surface area contributed by atoms with Gasteiger partial charge in [-0.2, -0.15) is 5.10 Å². The van der Waals surface area contributed by atoms with Crippen LogP contribution in [0.4, 0.5) is 5.69 Å². The Hall–Kier alpha value is -3.78. The number of para-hydroxylation sites is 1. The highest BCUT2D eigenvalue weighted by atomic mass is 35.5. The van der Waals surface area contributed by atoms with Gasteiger partial charge in [-0.1, -0.05) is 23.7 Å². The molecular formula is C20H15ClN4O4. The van der Waals surface area contributed by atoms with E-state index in [1.165, 1.54) is 24.5 Å². The maximum Gasteiger partial charge on any atom is 0.274 e. The predicted octanol–water partition coefficient (Wildman–Crippen LogP) is 3.99. The fourth-order valence-corrected chi connectivity index (χ4v) is 2.57. The zero-order valence-corrected chi connectivity index (χ0v) is 15.7. The van der Waals surface area contributed by atoms with Gasteiger partial charge in [-0.15, -0.1) is 0 Å². The van der Waals surface area contributed by atoms with Crippen molar-refractivity contribution >= 4 is 29.4 Å². The standard InChI is InChI=1S/C20H15ClN4O4/c21-19-17(5-3-11-22-19)20(26)24-23-12-15-4-1-2-6-18(15)29-13-14-7-9-16(10-8-14)25(27)28/h1-12H,13H2,(H,24,26). The number of ether oxygens (including phenoxy) is 1. The summed E-state index contributed by atoms with van der Waals surface area (Å²) >= 11 is 5.89. The van der Waals surface area contributed by atoms with Gasteiger partial charge in [-0.05, 0) is 42.0 Å². The van der Waals surface area contributed by atoms with E-state index in [1.807, 2.05) is 0 Å². The number of amides is 1. The minimum atomic E-state index is -0.483. The van der Waals surface area contributed by atoms with Gasteiger partial charge in [0.15, 0.2) is 0 Å². The van der Waals surface area contributed by atoms with Crippen LogP contribution in [0.3, 0.4) is 0 Å². The predicted molar refractivity (Wildman–Crippen MR) is 108 cm³/mol. The number of nitro groups is 1. The van der Waals surface area contributed by atoms with Gasteiger partial charge in [0.25, 0.3) is 11.6 Å². The molecule has 9 heteroatoms. The van der Waals surface area contributed by atoms with E-state index in [1.54, 1.807) is 48.5 Å². The van der Waals surface area contributed by atoms with Gasteiger partial charge < -0.3 is 4.74 Å². The van der Waals surface area contributed by atoms with Crippen molar-refractivity contribution in [1.29, 1.82) is 0 Å². The van der Waals surface area contributed by atoms with Crippen LogP contribution in [-0.2, 0) is 6.61 Å². The number of pyridine rings is 1. The first kappa shape index (κ1) is 20.0. The molecular weight excluding hydrogens is 396 g/mol. The third-order valence-electron chi connectivity index (χ3n) is 3.83. The summed E-state index contributed by atoms with van der Waals surface area (Å²) in [6.45, 7) is 0.223. The molecule has 29 heavy (non-hydrogen) atoms. The van der Waals surface area contributed by atoms with Gasteiger partial charge >= 0.3 is 0 Å². The van der Waals surface area contributed by atoms with Gasteiger partial charge in [0.1, 0.15) is 17.5 Å². The first-order chi connectivity index (χ1) is 14.0. The molecule has 1 N–H and O–H groups in total. The average Bonchev–Trinajstić information content (AvgIpc) is 2.73. The number of hydrogen-bond acceptors (Lipinski definition) is 6. The van der Waals surface area contributed by atoms with Crippen LogP contribution in [-0.4, -0.2) is 22.0 Å². The van der Waals surface area contributed by atoms with Gasteiger partial charge in [-0.25, -0.2) is 10.4 Å². The molecule has 0 aliphatic carbocycles. The molecule has 0 fully saturated rings. The minimum Gasteiger partial charge on any atom is -0.488 e. The van der Waals surface area contributed by atoms with Crippen LogP contribution in [0.25, 0.3) is 0 Å². The summed E-state index contributed by atoms with van der Waals surface area (Å²) in [6, 6.07) is 16.4. The molecule has 0 aliphatic heterocycles. The molecule has 146 valence electrons. The molecule has 2 aromatic carbocycles. The fourth-order valence-electron chi connectivity index (χ4n) is 2.37. The zero-order chi connectivity index (χ0) is 20.6. The molecule has 0 aliphatic rings. The maximum absolute atomic E-state index is 12.1. The number of nitro benzene ring substituents is 1. The molecule has 1 heterocycles. The monoisotopic (exact) mass is 410 g/mol. The quantitative estimate of drug-likeness (QED) is 0.274. The highest BCUT2D eigenvalue weighted by Crippen LogP contribution is 2.19. The van der Waals surface area contributed by atoms with Crippen LogP contribution in [0.5, 0.6) is 5.75 Å². The van der Waals surface area contributed by atoms with Crippen LogP contribution in [0.1, 0.15) is 21.5 Å². The summed E-state index contributed by atoms with van der Waals surface area (Å²) in [4.78, 5) is 26.2. The molecule has 3 rings (SSSR count). The van der Waals surface area contributed by atoms with Crippen LogP contribution in [0, 0.1) is 10.1 Å². The smallest absolute Gasteiger partial charge is 0.274 e. The van der Waals surface area contributed by atoms with Crippen molar-refractivity contribution in [2.75, 3.05) is 0 Å². The SMILES string of the molecule is O=C(NN=Cc1ccccc1OCc1ccc([N+](=O)[O-])cc1)c1cccnc1Cl. The van der Waals surface area contributed by atoms with Crippen LogP contribution < -0.4 is 10.2 Å². The number of carbonyl (C=O) groups is 1. The highest BCUT2D eigenvalue weighted by Gasteiger charge is 2.09. The number of benzene rings is 2. The molecule has 0 spiro atoms. The molecule has 1 aromatic heterocycles. The molecule has 3 aromatic rings. The zero-order valence-electron chi connectivity index (χ0n) is 15.0. The maximum atomic E-state index is 12.1. The van der Waals surface area contributed by atoms with E-state index >= 15 is 0 Å². The first-order valence-electron chi connectivity index (χ1n) is 8.43. The van der Waals surface area contributed by atoms with Crippen LogP contribution in [0.15, 0.2) is 72.0 Å². The third-order valence-corrected chi connectivity index (χ3v) is 4.14. The number of rotatable bonds is 7. The summed E-state index contributed by atoms with van der Waals surface area (Å²) in [5, 5.41) is 14.7. The van der Waals surface area contributed by atoms with E-state index in [0.29, 0.717) is 11.3 Å². The Labute approximate surface area is 171 Å². The van der Waals surface area contributed by atoms with Crippen molar-refractivity contribution in [2.24, 2.45) is 5.10 Å². The topological polar surface area (TPSA) is 107 Å². The second-order valence-electron chi connectivity index (χ2n) is 5.79. The molecule has 0 saturated heterocycles. The lowest BCUT2D eigenvalue weighted by Gasteiger charge is -2.09. The fraction of sp³-hybridized carbons (Fsp3) is 0.0500. The van der Waals surface area contributed by atoms with Crippen molar-refractivity contribution in [3.05, 3.63) is 98.8 Å². The molecule has 1 amide bonds. The number of carbonyl (C=O) groups excluding carboxylic acids is 1. The summed E-state index contributed by atoms with van der Waals surface area (Å²) in [7, 11) is 0. The Morgan fingerprint density at radius 3 is 2.66 bits per heavy atom. The Bertz CT molecular complexity index is 1050. The first-order valence-corrected chi connectivity index (χ1v) is 8.81. The lowest BCUT2D eigenvalue weighted by Crippen LogP contribution is -2.18. The molecule has 0 atom stereocenters.